The molecule has 1 amide bonds. The van der Waals surface area contributed by atoms with E-state index in [1.807, 2.05) is 0 Å². The molecule has 1 aromatic heterocycles. The maximum absolute atomic E-state index is 12.0. The molecule has 1 aromatic rings. The zero-order chi connectivity index (χ0) is 13.7. The van der Waals surface area contributed by atoms with Crippen LogP contribution in [0.4, 0.5) is 5.82 Å². The van der Waals surface area contributed by atoms with Crippen LogP contribution in [0, 0.1) is 0 Å². The molecule has 1 saturated heterocycles. The van der Waals surface area contributed by atoms with Crippen LogP contribution in [0.3, 0.4) is 0 Å². The number of amides is 1. The van der Waals surface area contributed by atoms with Crippen LogP contribution in [0.2, 0.25) is 0 Å². The van der Waals surface area contributed by atoms with Crippen molar-refractivity contribution in [2.45, 2.75) is 25.8 Å². The minimum atomic E-state index is -0.0371. The molecule has 19 heavy (non-hydrogen) atoms. The van der Waals surface area contributed by atoms with Crippen LogP contribution >= 0.6 is 0 Å². The molecule has 1 unspecified atom stereocenters. The van der Waals surface area contributed by atoms with E-state index in [4.69, 9.17) is 0 Å². The molecule has 1 aliphatic rings. The van der Waals surface area contributed by atoms with Gasteiger partial charge in [0.1, 0.15) is 5.82 Å². The van der Waals surface area contributed by atoms with Gasteiger partial charge in [-0.3, -0.25) is 9.69 Å². The Bertz CT molecular complexity index is 429. The van der Waals surface area contributed by atoms with E-state index < -0.39 is 0 Å². The monoisotopic (exact) mass is 262 g/mol. The second-order valence-electron chi connectivity index (χ2n) is 4.98. The predicted octanol–water partition coefficient (Wildman–Crippen LogP) is 1.34. The van der Waals surface area contributed by atoms with Gasteiger partial charge in [0.15, 0.2) is 0 Å². The van der Waals surface area contributed by atoms with Crippen molar-refractivity contribution in [3.8, 4) is 0 Å². The average molecular weight is 262 g/mol. The molecule has 0 radical (unpaired) electrons. The summed E-state index contributed by atoms with van der Waals surface area (Å²) in [6, 6.07) is 3.89. The summed E-state index contributed by atoms with van der Waals surface area (Å²) in [7, 11) is 1.79. The van der Waals surface area contributed by atoms with Crippen molar-refractivity contribution in [1.29, 1.82) is 0 Å². The van der Waals surface area contributed by atoms with Gasteiger partial charge in [-0.2, -0.15) is 0 Å². The fourth-order valence-electron chi connectivity index (χ4n) is 2.36. The summed E-state index contributed by atoms with van der Waals surface area (Å²) in [5.74, 6) is 0.671. The van der Waals surface area contributed by atoms with E-state index in [1.165, 1.54) is 12.8 Å². The normalized spacial score (nSPS) is 17.2. The summed E-state index contributed by atoms with van der Waals surface area (Å²) in [4.78, 5) is 18.6. The molecule has 2 heterocycles. The second kappa shape index (κ2) is 6.52. The molecule has 0 aromatic carbocycles. The minimum absolute atomic E-state index is 0.0371. The molecule has 104 valence electrons. The topological polar surface area (TPSA) is 57.3 Å². The number of hydrogen-bond donors (Lipinski definition) is 2. The first-order valence-corrected chi connectivity index (χ1v) is 6.87. The van der Waals surface area contributed by atoms with Crippen LogP contribution < -0.4 is 10.6 Å². The number of hydrogen-bond acceptors (Lipinski definition) is 4. The Morgan fingerprint density at radius 3 is 2.89 bits per heavy atom. The Morgan fingerprint density at radius 1 is 1.47 bits per heavy atom. The number of pyridine rings is 1. The number of aromatic nitrogens is 1. The van der Waals surface area contributed by atoms with E-state index in [-0.39, 0.29) is 5.91 Å². The average Bonchev–Trinajstić information content (AvgIpc) is 2.98. The summed E-state index contributed by atoms with van der Waals surface area (Å²) in [6.45, 7) is 5.15. The lowest BCUT2D eigenvalue weighted by Gasteiger charge is -2.23. The van der Waals surface area contributed by atoms with Gasteiger partial charge in [-0.05, 0) is 45.0 Å². The maximum Gasteiger partial charge on any atom is 0.251 e. The molecule has 0 saturated carbocycles. The molecule has 2 N–H and O–H groups in total. The van der Waals surface area contributed by atoms with Crippen molar-refractivity contribution in [3.05, 3.63) is 23.9 Å². The number of anilines is 1. The first-order chi connectivity index (χ1) is 9.20. The Balaban J connectivity index is 1.86. The lowest BCUT2D eigenvalue weighted by Crippen LogP contribution is -2.40. The zero-order valence-electron chi connectivity index (χ0n) is 11.6. The fraction of sp³-hybridized carbons (Fsp3) is 0.571. The smallest absolute Gasteiger partial charge is 0.251 e. The Kier molecular flexibility index (Phi) is 4.74. The van der Waals surface area contributed by atoms with E-state index in [1.54, 1.807) is 25.4 Å². The lowest BCUT2D eigenvalue weighted by molar-refractivity contribution is 0.0940. The van der Waals surface area contributed by atoms with Crippen molar-refractivity contribution in [1.82, 2.24) is 15.2 Å². The molecule has 0 bridgehead atoms. The Hall–Kier alpha value is -1.62. The quantitative estimate of drug-likeness (QED) is 0.840. The predicted molar refractivity (Wildman–Crippen MR) is 76.4 cm³/mol. The highest BCUT2D eigenvalue weighted by molar-refractivity contribution is 5.94. The van der Waals surface area contributed by atoms with Crippen LogP contribution in [0.25, 0.3) is 0 Å². The molecule has 5 nitrogen and oxygen atoms in total. The number of carbonyl (C=O) groups is 1. The number of rotatable bonds is 5. The summed E-state index contributed by atoms with van der Waals surface area (Å²) in [5, 5.41) is 5.92. The first-order valence-electron chi connectivity index (χ1n) is 6.87. The van der Waals surface area contributed by atoms with Crippen molar-refractivity contribution in [3.63, 3.8) is 0 Å². The van der Waals surface area contributed by atoms with Gasteiger partial charge >= 0.3 is 0 Å². The van der Waals surface area contributed by atoms with Crippen LogP contribution in [0.15, 0.2) is 18.3 Å². The van der Waals surface area contributed by atoms with E-state index in [0.717, 1.165) is 13.1 Å². The van der Waals surface area contributed by atoms with Crippen molar-refractivity contribution >= 4 is 11.7 Å². The third-order valence-electron chi connectivity index (χ3n) is 3.60. The summed E-state index contributed by atoms with van der Waals surface area (Å²) in [6.07, 6.45) is 4.19. The highest BCUT2D eigenvalue weighted by atomic mass is 16.1. The van der Waals surface area contributed by atoms with Crippen LogP contribution in [0.5, 0.6) is 0 Å². The van der Waals surface area contributed by atoms with E-state index in [9.17, 15) is 4.79 Å². The van der Waals surface area contributed by atoms with Gasteiger partial charge in [0.25, 0.3) is 5.91 Å². The third-order valence-corrected chi connectivity index (χ3v) is 3.60. The van der Waals surface area contributed by atoms with E-state index >= 15 is 0 Å². The van der Waals surface area contributed by atoms with Gasteiger partial charge in [0, 0.05) is 31.4 Å². The lowest BCUT2D eigenvalue weighted by atomic mass is 10.2. The first kappa shape index (κ1) is 13.8. The van der Waals surface area contributed by atoms with Crippen molar-refractivity contribution in [2.24, 2.45) is 0 Å². The molecule has 0 spiro atoms. The number of nitrogens with one attached hydrogen (secondary N) is 2. The second-order valence-corrected chi connectivity index (χ2v) is 4.98. The number of carbonyl (C=O) groups excluding carboxylic acids is 1. The highest BCUT2D eigenvalue weighted by Gasteiger charge is 2.18. The van der Waals surface area contributed by atoms with Gasteiger partial charge in [-0.25, -0.2) is 4.98 Å². The van der Waals surface area contributed by atoms with Gasteiger partial charge in [0.2, 0.25) is 0 Å². The summed E-state index contributed by atoms with van der Waals surface area (Å²) < 4.78 is 0. The molecular formula is C14H22N4O. The zero-order valence-corrected chi connectivity index (χ0v) is 11.6. The molecule has 1 atom stereocenters. The van der Waals surface area contributed by atoms with Crippen molar-refractivity contribution < 1.29 is 4.79 Å². The van der Waals surface area contributed by atoms with Gasteiger partial charge < -0.3 is 10.6 Å². The minimum Gasteiger partial charge on any atom is -0.373 e. The SMILES string of the molecule is CNc1cc(C(=O)NCC(C)N2CCCC2)ccn1. The molecule has 2 rings (SSSR count). The van der Waals surface area contributed by atoms with Crippen LogP contribution in [-0.4, -0.2) is 48.5 Å². The van der Waals surface area contributed by atoms with Crippen LogP contribution in [0.1, 0.15) is 30.1 Å². The van der Waals surface area contributed by atoms with E-state index in [0.29, 0.717) is 24.0 Å². The molecule has 5 heteroatoms. The third kappa shape index (κ3) is 3.67. The summed E-state index contributed by atoms with van der Waals surface area (Å²) in [5.41, 5.74) is 0.646. The van der Waals surface area contributed by atoms with Crippen LogP contribution in [-0.2, 0) is 0 Å². The molecule has 0 aliphatic carbocycles. The van der Waals surface area contributed by atoms with Crippen molar-refractivity contribution in [2.75, 3.05) is 32.0 Å². The maximum atomic E-state index is 12.0. The number of nitrogens with zero attached hydrogens (tertiary/aromatic N) is 2. The largest absolute Gasteiger partial charge is 0.373 e. The van der Waals surface area contributed by atoms with Gasteiger partial charge in [-0.15, -0.1) is 0 Å². The van der Waals surface area contributed by atoms with Gasteiger partial charge in [0.05, 0.1) is 0 Å². The van der Waals surface area contributed by atoms with E-state index in [2.05, 4.69) is 27.4 Å². The fourth-order valence-corrected chi connectivity index (χ4v) is 2.36. The van der Waals surface area contributed by atoms with Gasteiger partial charge in [-0.1, -0.05) is 0 Å². The molecule has 1 fully saturated rings. The summed E-state index contributed by atoms with van der Waals surface area (Å²) >= 11 is 0. The molecular weight excluding hydrogens is 240 g/mol. The number of likely N-dealkylation sites (tertiary alicyclic amines) is 1. The Labute approximate surface area is 114 Å². The molecule has 1 aliphatic heterocycles. The highest BCUT2D eigenvalue weighted by Crippen LogP contribution is 2.11. The Morgan fingerprint density at radius 2 is 2.21 bits per heavy atom. The standard InChI is InChI=1S/C14H22N4O/c1-11(18-7-3-4-8-18)10-17-14(19)12-5-6-16-13(9-12)15-2/h5-6,9,11H,3-4,7-8,10H2,1-2H3,(H,15,16)(H,17,19).